The second-order valence-corrected chi connectivity index (χ2v) is 7.56. The largest absolute Gasteiger partial charge is 0.247 e. The normalized spacial score (nSPS) is 22.9. The molecule has 1 fully saturated rings. The molecule has 1 heteroatoms. The second kappa shape index (κ2) is 10.1. The quantitative estimate of drug-likeness (QED) is 0.434. The molecule has 1 aromatic rings. The molecule has 0 amide bonds. The van der Waals surface area contributed by atoms with Crippen LogP contribution in [0.5, 0.6) is 0 Å². The van der Waals surface area contributed by atoms with E-state index < -0.39 is 6.17 Å². The molecular weight excluding hydrogens is 283 g/mol. The van der Waals surface area contributed by atoms with Crippen molar-refractivity contribution in [2.45, 2.75) is 90.6 Å². The summed E-state index contributed by atoms with van der Waals surface area (Å²) in [5.41, 5.74) is 2.57. The van der Waals surface area contributed by atoms with Gasteiger partial charge >= 0.3 is 0 Å². The van der Waals surface area contributed by atoms with Gasteiger partial charge in [0.1, 0.15) is 6.17 Å². The Morgan fingerprint density at radius 3 is 2.17 bits per heavy atom. The van der Waals surface area contributed by atoms with E-state index in [-0.39, 0.29) is 0 Å². The van der Waals surface area contributed by atoms with E-state index >= 15 is 0 Å². The van der Waals surface area contributed by atoms with Gasteiger partial charge in [0.2, 0.25) is 0 Å². The van der Waals surface area contributed by atoms with Crippen LogP contribution >= 0.6 is 0 Å². The molecule has 130 valence electrons. The van der Waals surface area contributed by atoms with E-state index in [2.05, 4.69) is 38.1 Å². The van der Waals surface area contributed by atoms with Gasteiger partial charge in [0.15, 0.2) is 0 Å². The van der Waals surface area contributed by atoms with E-state index in [9.17, 15) is 4.39 Å². The Hall–Kier alpha value is -0.850. The molecule has 0 aromatic heterocycles. The van der Waals surface area contributed by atoms with Gasteiger partial charge in [-0.1, -0.05) is 76.6 Å². The summed E-state index contributed by atoms with van der Waals surface area (Å²) in [6, 6.07) is 8.71. The van der Waals surface area contributed by atoms with Gasteiger partial charge in [-0.05, 0) is 48.6 Å². The third kappa shape index (κ3) is 6.28. The molecule has 1 aromatic carbocycles. The van der Waals surface area contributed by atoms with Gasteiger partial charge in [0.25, 0.3) is 0 Å². The number of hydrogen-bond acceptors (Lipinski definition) is 0. The maximum absolute atomic E-state index is 14.6. The lowest BCUT2D eigenvalue weighted by Crippen LogP contribution is -2.24. The molecule has 1 aliphatic carbocycles. The second-order valence-electron chi connectivity index (χ2n) is 7.56. The molecule has 0 heterocycles. The SMILES string of the molecule is CCCCCc1ccc(CC(F)[C@H]2CC[C@H](CCC)CC2)cc1. The van der Waals surface area contributed by atoms with Gasteiger partial charge in [-0.3, -0.25) is 0 Å². The van der Waals surface area contributed by atoms with E-state index in [1.165, 1.54) is 56.1 Å². The zero-order chi connectivity index (χ0) is 16.5. The number of aryl methyl sites for hydroxylation is 1. The van der Waals surface area contributed by atoms with Crippen molar-refractivity contribution >= 4 is 0 Å². The number of alkyl halides is 1. The van der Waals surface area contributed by atoms with Crippen molar-refractivity contribution in [3.63, 3.8) is 0 Å². The van der Waals surface area contributed by atoms with Gasteiger partial charge in [-0.2, -0.15) is 0 Å². The first-order valence-corrected chi connectivity index (χ1v) is 9.94. The van der Waals surface area contributed by atoms with E-state index in [1.54, 1.807) is 0 Å². The highest BCUT2D eigenvalue weighted by Crippen LogP contribution is 2.35. The standard InChI is InChI=1S/C22H35F/c1-3-5-6-8-19-9-11-20(12-10-19)17-22(23)21-15-13-18(7-4-2)14-16-21/h9-12,18,21-22H,3-8,13-17H2,1-2H3/t18-,21-,22?. The molecule has 0 N–H and O–H groups in total. The summed E-state index contributed by atoms with van der Waals surface area (Å²) >= 11 is 0. The van der Waals surface area contributed by atoms with Crippen LogP contribution in [0.25, 0.3) is 0 Å². The summed E-state index contributed by atoms with van der Waals surface area (Å²) in [4.78, 5) is 0. The van der Waals surface area contributed by atoms with Crippen LogP contribution in [-0.4, -0.2) is 6.17 Å². The number of halogens is 1. The summed E-state index contributed by atoms with van der Waals surface area (Å²) in [6.45, 7) is 4.50. The average Bonchev–Trinajstić information content (AvgIpc) is 2.57. The highest BCUT2D eigenvalue weighted by Gasteiger charge is 2.27. The predicted molar refractivity (Wildman–Crippen MR) is 98.6 cm³/mol. The number of benzene rings is 1. The van der Waals surface area contributed by atoms with Crippen molar-refractivity contribution in [2.75, 3.05) is 0 Å². The van der Waals surface area contributed by atoms with Gasteiger partial charge in [0.05, 0.1) is 0 Å². The van der Waals surface area contributed by atoms with Gasteiger partial charge in [0, 0.05) is 6.42 Å². The molecule has 1 aliphatic rings. The Bertz CT molecular complexity index is 414. The molecule has 2 rings (SSSR count). The third-order valence-electron chi connectivity index (χ3n) is 5.62. The van der Waals surface area contributed by atoms with E-state index in [4.69, 9.17) is 0 Å². The van der Waals surface area contributed by atoms with Crippen LogP contribution in [0.1, 0.15) is 82.8 Å². The molecule has 0 bridgehead atoms. The minimum Gasteiger partial charge on any atom is -0.247 e. The van der Waals surface area contributed by atoms with Crippen LogP contribution in [0.2, 0.25) is 0 Å². The lowest BCUT2D eigenvalue weighted by molar-refractivity contribution is 0.152. The molecule has 1 atom stereocenters. The van der Waals surface area contributed by atoms with Crippen LogP contribution in [0.4, 0.5) is 4.39 Å². The number of rotatable bonds is 9. The summed E-state index contributed by atoms with van der Waals surface area (Å²) in [7, 11) is 0. The van der Waals surface area contributed by atoms with Gasteiger partial charge in [-0.25, -0.2) is 4.39 Å². The highest BCUT2D eigenvalue weighted by molar-refractivity contribution is 5.23. The summed E-state index contributed by atoms with van der Waals surface area (Å²) in [6.07, 6.45) is 12.3. The molecule has 1 saturated carbocycles. The fourth-order valence-electron chi connectivity index (χ4n) is 4.06. The molecular formula is C22H35F. The Morgan fingerprint density at radius 2 is 1.57 bits per heavy atom. The minimum absolute atomic E-state index is 0.298. The Kier molecular flexibility index (Phi) is 8.12. The molecule has 0 aliphatic heterocycles. The molecule has 0 radical (unpaired) electrons. The van der Waals surface area contributed by atoms with Crippen LogP contribution < -0.4 is 0 Å². The first kappa shape index (κ1) is 18.5. The van der Waals surface area contributed by atoms with E-state index in [0.29, 0.717) is 12.3 Å². The van der Waals surface area contributed by atoms with E-state index in [0.717, 1.165) is 25.2 Å². The summed E-state index contributed by atoms with van der Waals surface area (Å²) < 4.78 is 14.6. The van der Waals surface area contributed by atoms with Crippen molar-refractivity contribution < 1.29 is 4.39 Å². The van der Waals surface area contributed by atoms with Crippen LogP contribution in [-0.2, 0) is 12.8 Å². The lowest BCUT2D eigenvalue weighted by Gasteiger charge is -2.30. The molecule has 1 unspecified atom stereocenters. The van der Waals surface area contributed by atoms with Crippen LogP contribution in [0.15, 0.2) is 24.3 Å². The van der Waals surface area contributed by atoms with Crippen molar-refractivity contribution in [3.05, 3.63) is 35.4 Å². The zero-order valence-electron chi connectivity index (χ0n) is 15.2. The van der Waals surface area contributed by atoms with Crippen molar-refractivity contribution in [1.82, 2.24) is 0 Å². The lowest BCUT2D eigenvalue weighted by atomic mass is 9.77. The van der Waals surface area contributed by atoms with Gasteiger partial charge < -0.3 is 0 Å². The number of unbranched alkanes of at least 4 members (excludes halogenated alkanes) is 2. The zero-order valence-corrected chi connectivity index (χ0v) is 15.2. The fraction of sp³-hybridized carbons (Fsp3) is 0.727. The Labute approximate surface area is 142 Å². The smallest absolute Gasteiger partial charge is 0.107 e. The van der Waals surface area contributed by atoms with Crippen molar-refractivity contribution in [1.29, 1.82) is 0 Å². The first-order chi connectivity index (χ1) is 11.2. The molecule has 0 nitrogen and oxygen atoms in total. The topological polar surface area (TPSA) is 0 Å². The average molecular weight is 319 g/mol. The Morgan fingerprint density at radius 1 is 0.913 bits per heavy atom. The fourth-order valence-corrected chi connectivity index (χ4v) is 4.06. The molecule has 0 saturated heterocycles. The maximum Gasteiger partial charge on any atom is 0.107 e. The van der Waals surface area contributed by atoms with Crippen LogP contribution in [0.3, 0.4) is 0 Å². The van der Waals surface area contributed by atoms with Crippen LogP contribution in [0, 0.1) is 11.8 Å². The highest BCUT2D eigenvalue weighted by atomic mass is 19.1. The first-order valence-electron chi connectivity index (χ1n) is 9.94. The number of hydrogen-bond donors (Lipinski definition) is 0. The summed E-state index contributed by atoms with van der Waals surface area (Å²) in [5.74, 6) is 1.16. The Balaban J connectivity index is 1.75. The monoisotopic (exact) mass is 318 g/mol. The van der Waals surface area contributed by atoms with Crippen molar-refractivity contribution in [3.8, 4) is 0 Å². The predicted octanol–water partition coefficient (Wildman–Crippen LogP) is 6.91. The van der Waals surface area contributed by atoms with Crippen molar-refractivity contribution in [2.24, 2.45) is 11.8 Å². The molecule has 23 heavy (non-hydrogen) atoms. The minimum atomic E-state index is -0.650. The van der Waals surface area contributed by atoms with E-state index in [1.807, 2.05) is 0 Å². The maximum atomic E-state index is 14.6. The molecule has 0 spiro atoms. The third-order valence-corrected chi connectivity index (χ3v) is 5.62. The van der Waals surface area contributed by atoms with Gasteiger partial charge in [-0.15, -0.1) is 0 Å². The summed E-state index contributed by atoms with van der Waals surface area (Å²) in [5, 5.41) is 0.